The summed E-state index contributed by atoms with van der Waals surface area (Å²) in [5.74, 6) is -0.479. The highest BCUT2D eigenvalue weighted by atomic mass is 16.2. The van der Waals surface area contributed by atoms with Gasteiger partial charge in [-0.3, -0.25) is 19.7 Å². The monoisotopic (exact) mass is 205 g/mol. The van der Waals surface area contributed by atoms with E-state index in [0.717, 1.165) is 0 Å². The smallest absolute Gasteiger partial charge is 0.287 e. The molecular formula is C8H7N5O2. The molecule has 15 heavy (non-hydrogen) atoms. The lowest BCUT2D eigenvalue weighted by Crippen LogP contribution is -2.18. The van der Waals surface area contributed by atoms with Crippen molar-refractivity contribution in [3.05, 3.63) is 40.8 Å². The van der Waals surface area contributed by atoms with E-state index in [2.05, 4.69) is 25.5 Å². The quantitative estimate of drug-likeness (QED) is 0.628. The molecule has 3 N–H and O–H groups in total. The van der Waals surface area contributed by atoms with Crippen molar-refractivity contribution in [1.82, 2.24) is 20.2 Å². The zero-order valence-corrected chi connectivity index (χ0v) is 7.52. The third kappa shape index (κ3) is 1.90. The first-order valence-corrected chi connectivity index (χ1v) is 4.11. The summed E-state index contributed by atoms with van der Waals surface area (Å²) in [5, 5.41) is 7.15. The van der Waals surface area contributed by atoms with Gasteiger partial charge in [0.25, 0.3) is 11.5 Å². The number of hydrogen-bond donors (Lipinski definition) is 3. The first kappa shape index (κ1) is 9.13. The van der Waals surface area contributed by atoms with Crippen molar-refractivity contribution < 1.29 is 4.79 Å². The standard InChI is InChI=1S/C8H7N5O2/c14-7(5-3-9-1-2-10-5)12-6-4-11-13-8(6)15/h1-4H,(H,12,14)(H2,11,13,15). The van der Waals surface area contributed by atoms with E-state index in [1.165, 1.54) is 24.8 Å². The van der Waals surface area contributed by atoms with Crippen LogP contribution in [0.4, 0.5) is 5.69 Å². The van der Waals surface area contributed by atoms with E-state index in [0.29, 0.717) is 0 Å². The number of H-pyrrole nitrogens is 2. The number of nitrogens with zero attached hydrogens (tertiary/aromatic N) is 2. The molecule has 2 heterocycles. The van der Waals surface area contributed by atoms with Crippen molar-refractivity contribution in [3.8, 4) is 0 Å². The van der Waals surface area contributed by atoms with Crippen molar-refractivity contribution in [2.24, 2.45) is 0 Å². The number of aromatic nitrogens is 4. The van der Waals surface area contributed by atoms with Crippen molar-refractivity contribution in [2.45, 2.75) is 0 Å². The fourth-order valence-electron chi connectivity index (χ4n) is 1.00. The van der Waals surface area contributed by atoms with Crippen LogP contribution in [0.1, 0.15) is 10.5 Å². The molecule has 0 saturated carbocycles. The number of anilines is 1. The zero-order valence-electron chi connectivity index (χ0n) is 7.52. The van der Waals surface area contributed by atoms with Crippen molar-refractivity contribution in [2.75, 3.05) is 5.32 Å². The van der Waals surface area contributed by atoms with Crippen LogP contribution in [0.3, 0.4) is 0 Å². The number of aromatic amines is 2. The summed E-state index contributed by atoms with van der Waals surface area (Å²) in [5.41, 5.74) is -0.101. The van der Waals surface area contributed by atoms with Crippen LogP contribution in [0.2, 0.25) is 0 Å². The normalized spacial score (nSPS) is 9.87. The van der Waals surface area contributed by atoms with Gasteiger partial charge in [-0.2, -0.15) is 0 Å². The Morgan fingerprint density at radius 1 is 1.40 bits per heavy atom. The van der Waals surface area contributed by atoms with E-state index in [4.69, 9.17) is 0 Å². The highest BCUT2D eigenvalue weighted by Gasteiger charge is 2.09. The van der Waals surface area contributed by atoms with E-state index in [1.807, 2.05) is 0 Å². The first-order valence-electron chi connectivity index (χ1n) is 4.11. The molecule has 0 bridgehead atoms. The minimum Gasteiger partial charge on any atom is -0.315 e. The number of hydrogen-bond acceptors (Lipinski definition) is 4. The van der Waals surface area contributed by atoms with Gasteiger partial charge in [0.2, 0.25) is 0 Å². The van der Waals surface area contributed by atoms with Gasteiger partial charge in [-0.1, -0.05) is 0 Å². The van der Waals surface area contributed by atoms with Gasteiger partial charge in [-0.25, -0.2) is 4.98 Å². The van der Waals surface area contributed by atoms with E-state index < -0.39 is 11.5 Å². The SMILES string of the molecule is O=C(Nc1c[nH][nH]c1=O)c1cnccn1. The molecule has 2 rings (SSSR count). The molecule has 76 valence electrons. The molecule has 0 spiro atoms. The molecule has 2 aromatic heterocycles. The molecule has 0 aromatic carbocycles. The van der Waals surface area contributed by atoms with Crippen molar-refractivity contribution >= 4 is 11.6 Å². The second kappa shape index (κ2) is 3.74. The Morgan fingerprint density at radius 3 is 2.87 bits per heavy atom. The van der Waals surface area contributed by atoms with Crippen molar-refractivity contribution in [3.63, 3.8) is 0 Å². The van der Waals surface area contributed by atoms with Gasteiger partial charge in [0, 0.05) is 18.6 Å². The minimum absolute atomic E-state index is 0.144. The lowest BCUT2D eigenvalue weighted by Gasteiger charge is -1.98. The van der Waals surface area contributed by atoms with Crippen LogP contribution in [0.5, 0.6) is 0 Å². The van der Waals surface area contributed by atoms with Gasteiger partial charge in [0.15, 0.2) is 0 Å². The summed E-state index contributed by atoms with van der Waals surface area (Å²) in [6, 6.07) is 0. The summed E-state index contributed by atoms with van der Waals surface area (Å²) in [6.45, 7) is 0. The Morgan fingerprint density at radius 2 is 2.27 bits per heavy atom. The molecule has 0 aliphatic rings. The van der Waals surface area contributed by atoms with Gasteiger partial charge in [-0.15, -0.1) is 0 Å². The van der Waals surface area contributed by atoms with Crippen molar-refractivity contribution in [1.29, 1.82) is 0 Å². The summed E-state index contributed by atoms with van der Waals surface area (Å²) in [6.07, 6.45) is 5.53. The van der Waals surface area contributed by atoms with Gasteiger partial charge in [0.05, 0.1) is 6.20 Å². The van der Waals surface area contributed by atoms with E-state index >= 15 is 0 Å². The first-order chi connectivity index (χ1) is 7.27. The van der Waals surface area contributed by atoms with Crippen LogP contribution >= 0.6 is 0 Å². The predicted molar refractivity (Wildman–Crippen MR) is 51.4 cm³/mol. The van der Waals surface area contributed by atoms with E-state index in [-0.39, 0.29) is 11.4 Å². The molecule has 0 radical (unpaired) electrons. The summed E-state index contributed by atoms with van der Waals surface area (Å²) in [4.78, 5) is 30.1. The molecule has 1 amide bonds. The lowest BCUT2D eigenvalue weighted by molar-refractivity contribution is 0.102. The van der Waals surface area contributed by atoms with Gasteiger partial charge >= 0.3 is 0 Å². The summed E-state index contributed by atoms with van der Waals surface area (Å²) < 4.78 is 0. The molecule has 2 aromatic rings. The molecule has 0 saturated heterocycles. The topological polar surface area (TPSA) is 104 Å². The van der Waals surface area contributed by atoms with Gasteiger partial charge in [-0.05, 0) is 0 Å². The van der Waals surface area contributed by atoms with Crippen LogP contribution in [0, 0.1) is 0 Å². The zero-order chi connectivity index (χ0) is 10.7. The lowest BCUT2D eigenvalue weighted by atomic mass is 10.4. The minimum atomic E-state index is -0.479. The molecule has 0 unspecified atom stereocenters. The van der Waals surface area contributed by atoms with Crippen LogP contribution in [0.25, 0.3) is 0 Å². The fraction of sp³-hybridized carbons (Fsp3) is 0. The third-order valence-corrected chi connectivity index (χ3v) is 1.69. The molecular weight excluding hydrogens is 198 g/mol. The number of carbonyl (C=O) groups excluding carboxylic acids is 1. The summed E-state index contributed by atoms with van der Waals surface area (Å²) in [7, 11) is 0. The van der Waals surface area contributed by atoms with Crippen LogP contribution in [-0.4, -0.2) is 26.1 Å². The highest BCUT2D eigenvalue weighted by molar-refractivity contribution is 6.02. The van der Waals surface area contributed by atoms with Crippen LogP contribution < -0.4 is 10.9 Å². The molecule has 0 aliphatic carbocycles. The maximum absolute atomic E-state index is 11.5. The maximum atomic E-state index is 11.5. The Bertz CT molecular complexity index is 515. The largest absolute Gasteiger partial charge is 0.315 e. The van der Waals surface area contributed by atoms with E-state index in [1.54, 1.807) is 0 Å². The number of amides is 1. The number of carbonyl (C=O) groups is 1. The average molecular weight is 205 g/mol. The number of nitrogens with one attached hydrogen (secondary N) is 3. The van der Waals surface area contributed by atoms with E-state index in [9.17, 15) is 9.59 Å². The maximum Gasteiger partial charge on any atom is 0.287 e. The molecule has 0 atom stereocenters. The van der Waals surface area contributed by atoms with Gasteiger partial charge in [0.1, 0.15) is 11.4 Å². The molecule has 0 aliphatic heterocycles. The Balaban J connectivity index is 2.18. The average Bonchev–Trinajstić information content (AvgIpc) is 2.66. The van der Waals surface area contributed by atoms with Crippen LogP contribution in [-0.2, 0) is 0 Å². The Labute approximate surface area is 83.6 Å². The Kier molecular flexibility index (Phi) is 2.28. The second-order valence-corrected chi connectivity index (χ2v) is 2.70. The third-order valence-electron chi connectivity index (χ3n) is 1.69. The predicted octanol–water partition coefficient (Wildman–Crippen LogP) is -0.255. The summed E-state index contributed by atoms with van der Waals surface area (Å²) >= 11 is 0. The van der Waals surface area contributed by atoms with Crippen LogP contribution in [0.15, 0.2) is 29.6 Å². The van der Waals surface area contributed by atoms with Gasteiger partial charge < -0.3 is 10.4 Å². The Hall–Kier alpha value is -2.44. The fourth-order valence-corrected chi connectivity index (χ4v) is 1.00. The molecule has 7 heteroatoms. The second-order valence-electron chi connectivity index (χ2n) is 2.70. The highest BCUT2D eigenvalue weighted by Crippen LogP contribution is 1.98. The number of rotatable bonds is 2. The molecule has 0 fully saturated rings. The molecule has 7 nitrogen and oxygen atoms in total.